The summed E-state index contributed by atoms with van der Waals surface area (Å²) in [5, 5.41) is 12.2. The highest BCUT2D eigenvalue weighted by Gasteiger charge is 2.34. The Morgan fingerprint density at radius 2 is 1.95 bits per heavy atom. The Kier molecular flexibility index (Phi) is 9.56. The molecular formula is C27H34F3N3O4. The number of hydrogen-bond donors (Lipinski definition) is 2. The number of alkyl halides is 3. The second-order valence-corrected chi connectivity index (χ2v) is 9.68. The number of aliphatic hydroxyl groups is 1. The van der Waals surface area contributed by atoms with Crippen LogP contribution in [-0.2, 0) is 11.3 Å². The summed E-state index contributed by atoms with van der Waals surface area (Å²) in [7, 11) is 1.99. The first-order valence-electron chi connectivity index (χ1n) is 12.3. The fraction of sp³-hybridized carbons (Fsp3) is 0.481. The van der Waals surface area contributed by atoms with Gasteiger partial charge in [-0.3, -0.25) is 14.5 Å². The maximum absolute atomic E-state index is 13.5. The van der Waals surface area contributed by atoms with Gasteiger partial charge in [0, 0.05) is 37.7 Å². The molecule has 202 valence electrons. The number of rotatable bonds is 9. The third-order valence-electron chi connectivity index (χ3n) is 6.37. The minimum Gasteiger partial charge on any atom is -0.488 e. The van der Waals surface area contributed by atoms with E-state index in [2.05, 4.69) is 10.2 Å². The van der Waals surface area contributed by atoms with Crippen molar-refractivity contribution in [3.63, 3.8) is 0 Å². The van der Waals surface area contributed by atoms with E-state index in [0.29, 0.717) is 25.4 Å². The van der Waals surface area contributed by atoms with Crippen LogP contribution in [0.5, 0.6) is 5.75 Å². The van der Waals surface area contributed by atoms with E-state index in [9.17, 15) is 27.9 Å². The number of likely N-dealkylation sites (N-methyl/N-ethyl adjacent to an activating group) is 1. The molecule has 0 aliphatic carbocycles. The van der Waals surface area contributed by atoms with Crippen molar-refractivity contribution in [1.29, 1.82) is 0 Å². The molecule has 0 bridgehead atoms. The molecule has 0 saturated carbocycles. The molecule has 2 aromatic carbocycles. The zero-order chi connectivity index (χ0) is 27.2. The SMILES string of the molecule is C[C@@H]1CN([C@@H](C)CO)C(=O)c2cc(NC(=O)CCC(F)(F)F)ccc2O[C@@H]1CN(C)Cc1ccccc1. The Hall–Kier alpha value is -3.11. The average molecular weight is 522 g/mol. The third kappa shape index (κ3) is 8.19. The van der Waals surface area contributed by atoms with E-state index in [1.807, 2.05) is 44.3 Å². The predicted molar refractivity (Wildman–Crippen MR) is 134 cm³/mol. The van der Waals surface area contributed by atoms with E-state index in [4.69, 9.17) is 4.74 Å². The molecule has 37 heavy (non-hydrogen) atoms. The van der Waals surface area contributed by atoms with Gasteiger partial charge in [0.15, 0.2) is 0 Å². The monoisotopic (exact) mass is 521 g/mol. The van der Waals surface area contributed by atoms with Crippen LogP contribution in [0.15, 0.2) is 48.5 Å². The van der Waals surface area contributed by atoms with Gasteiger partial charge < -0.3 is 20.1 Å². The molecular weight excluding hydrogens is 487 g/mol. The quantitative estimate of drug-likeness (QED) is 0.514. The van der Waals surface area contributed by atoms with E-state index in [1.54, 1.807) is 17.9 Å². The number of nitrogens with zero attached hydrogens (tertiary/aromatic N) is 2. The Bertz CT molecular complexity index is 1060. The van der Waals surface area contributed by atoms with E-state index >= 15 is 0 Å². The maximum atomic E-state index is 13.5. The Balaban J connectivity index is 1.84. The Morgan fingerprint density at radius 3 is 2.59 bits per heavy atom. The molecule has 0 fully saturated rings. The molecule has 2 aromatic rings. The van der Waals surface area contributed by atoms with Crippen molar-refractivity contribution >= 4 is 17.5 Å². The molecule has 0 unspecified atom stereocenters. The second kappa shape index (κ2) is 12.4. The standard InChI is InChI=1S/C27H34F3N3O4/c1-18-14-33(19(2)17-34)26(36)22-13-21(31-25(35)11-12-27(28,29)30)9-10-23(22)37-24(18)16-32(3)15-20-7-5-4-6-8-20/h4-10,13,18-19,24,34H,11-12,14-17H2,1-3H3,(H,31,35)/t18-,19+,24-/m1/s1. The summed E-state index contributed by atoms with van der Waals surface area (Å²) in [5.41, 5.74) is 1.53. The van der Waals surface area contributed by atoms with Gasteiger partial charge in [0.2, 0.25) is 5.91 Å². The first-order valence-corrected chi connectivity index (χ1v) is 12.3. The van der Waals surface area contributed by atoms with Crippen LogP contribution in [0.2, 0.25) is 0 Å². The highest BCUT2D eigenvalue weighted by atomic mass is 19.4. The molecule has 10 heteroatoms. The molecule has 3 rings (SSSR count). The van der Waals surface area contributed by atoms with Crippen LogP contribution in [0.4, 0.5) is 18.9 Å². The second-order valence-electron chi connectivity index (χ2n) is 9.68. The number of fused-ring (bicyclic) bond motifs is 1. The molecule has 3 atom stereocenters. The maximum Gasteiger partial charge on any atom is 0.389 e. The summed E-state index contributed by atoms with van der Waals surface area (Å²) in [6, 6.07) is 14.0. The number of nitrogens with one attached hydrogen (secondary N) is 1. The van der Waals surface area contributed by atoms with Gasteiger partial charge in [-0.05, 0) is 37.7 Å². The Morgan fingerprint density at radius 1 is 1.24 bits per heavy atom. The number of carbonyl (C=O) groups excluding carboxylic acids is 2. The number of benzene rings is 2. The van der Waals surface area contributed by atoms with Crippen molar-refractivity contribution < 1.29 is 32.6 Å². The molecule has 0 saturated heterocycles. The zero-order valence-corrected chi connectivity index (χ0v) is 21.3. The predicted octanol–water partition coefficient (Wildman–Crippen LogP) is 4.32. The molecule has 1 aliphatic heterocycles. The van der Waals surface area contributed by atoms with Gasteiger partial charge in [0.05, 0.1) is 24.6 Å². The van der Waals surface area contributed by atoms with Gasteiger partial charge in [0.1, 0.15) is 11.9 Å². The van der Waals surface area contributed by atoms with Crippen LogP contribution in [-0.4, -0.2) is 71.8 Å². The van der Waals surface area contributed by atoms with Crippen molar-refractivity contribution in [2.45, 2.75) is 51.6 Å². The summed E-state index contributed by atoms with van der Waals surface area (Å²) >= 11 is 0. The topological polar surface area (TPSA) is 82.1 Å². The van der Waals surface area contributed by atoms with Crippen molar-refractivity contribution in [3.05, 3.63) is 59.7 Å². The van der Waals surface area contributed by atoms with Gasteiger partial charge in [-0.15, -0.1) is 0 Å². The minimum atomic E-state index is -4.44. The average Bonchev–Trinajstić information content (AvgIpc) is 2.85. The highest BCUT2D eigenvalue weighted by Crippen LogP contribution is 2.31. The molecule has 0 spiro atoms. The Labute approximate surface area is 215 Å². The minimum absolute atomic E-state index is 0.0638. The summed E-state index contributed by atoms with van der Waals surface area (Å²) in [5.74, 6) is -0.929. The summed E-state index contributed by atoms with van der Waals surface area (Å²) < 4.78 is 43.8. The van der Waals surface area contributed by atoms with Crippen molar-refractivity contribution in [2.24, 2.45) is 5.92 Å². The fourth-order valence-corrected chi connectivity index (χ4v) is 4.26. The normalized spacial score (nSPS) is 19.0. The smallest absolute Gasteiger partial charge is 0.389 e. The fourth-order valence-electron chi connectivity index (χ4n) is 4.26. The summed E-state index contributed by atoms with van der Waals surface area (Å²) in [4.78, 5) is 29.2. The van der Waals surface area contributed by atoms with E-state index in [-0.39, 0.29) is 35.8 Å². The van der Waals surface area contributed by atoms with E-state index in [1.165, 1.54) is 12.1 Å². The largest absolute Gasteiger partial charge is 0.488 e. The van der Waals surface area contributed by atoms with Crippen molar-refractivity contribution in [3.8, 4) is 5.75 Å². The van der Waals surface area contributed by atoms with Crippen LogP contribution >= 0.6 is 0 Å². The lowest BCUT2D eigenvalue weighted by molar-refractivity contribution is -0.142. The molecule has 0 radical (unpaired) electrons. The number of ether oxygens (including phenoxy) is 1. The van der Waals surface area contributed by atoms with Crippen LogP contribution in [0.3, 0.4) is 0 Å². The molecule has 0 aromatic heterocycles. The number of aliphatic hydroxyl groups excluding tert-OH is 1. The summed E-state index contributed by atoms with van der Waals surface area (Å²) in [6.07, 6.45) is -6.68. The highest BCUT2D eigenvalue weighted by molar-refractivity contribution is 5.99. The first kappa shape index (κ1) is 28.5. The lowest BCUT2D eigenvalue weighted by Gasteiger charge is -2.38. The molecule has 1 heterocycles. The van der Waals surface area contributed by atoms with Crippen LogP contribution < -0.4 is 10.1 Å². The van der Waals surface area contributed by atoms with Crippen LogP contribution in [0.25, 0.3) is 0 Å². The van der Waals surface area contributed by atoms with Gasteiger partial charge in [-0.25, -0.2) is 0 Å². The first-order chi connectivity index (χ1) is 17.5. The van der Waals surface area contributed by atoms with E-state index < -0.39 is 31.0 Å². The molecule has 2 amide bonds. The molecule has 7 nitrogen and oxygen atoms in total. The van der Waals surface area contributed by atoms with Gasteiger partial charge >= 0.3 is 6.18 Å². The molecule has 2 N–H and O–H groups in total. The van der Waals surface area contributed by atoms with Crippen molar-refractivity contribution in [1.82, 2.24) is 9.80 Å². The van der Waals surface area contributed by atoms with Gasteiger partial charge in [-0.1, -0.05) is 37.3 Å². The number of halogens is 3. The van der Waals surface area contributed by atoms with Crippen LogP contribution in [0.1, 0.15) is 42.6 Å². The number of anilines is 1. The van der Waals surface area contributed by atoms with Gasteiger partial charge in [0.25, 0.3) is 5.91 Å². The van der Waals surface area contributed by atoms with E-state index in [0.717, 1.165) is 5.56 Å². The molecule has 1 aliphatic rings. The number of hydrogen-bond acceptors (Lipinski definition) is 5. The van der Waals surface area contributed by atoms with Crippen LogP contribution in [0, 0.1) is 5.92 Å². The van der Waals surface area contributed by atoms with Crippen molar-refractivity contribution in [2.75, 3.05) is 32.1 Å². The number of amides is 2. The van der Waals surface area contributed by atoms with Gasteiger partial charge in [-0.2, -0.15) is 13.2 Å². The summed E-state index contributed by atoms with van der Waals surface area (Å²) in [6.45, 7) is 5.12. The number of carbonyl (C=O) groups is 2. The zero-order valence-electron chi connectivity index (χ0n) is 21.3. The third-order valence-corrected chi connectivity index (χ3v) is 6.37. The lowest BCUT2D eigenvalue weighted by atomic mass is 9.99. The lowest BCUT2D eigenvalue weighted by Crippen LogP contribution is -2.49.